The van der Waals surface area contributed by atoms with Crippen molar-refractivity contribution in [2.45, 2.75) is 19.3 Å². The zero-order valence-corrected chi connectivity index (χ0v) is 13.7. The number of aromatic nitrogens is 5. The highest BCUT2D eigenvalue weighted by Crippen LogP contribution is 2.21. The van der Waals surface area contributed by atoms with Crippen molar-refractivity contribution in [2.24, 2.45) is 0 Å². The van der Waals surface area contributed by atoms with Gasteiger partial charge in [-0.25, -0.2) is 0 Å². The lowest BCUT2D eigenvalue weighted by atomic mass is 9.98. The van der Waals surface area contributed by atoms with Gasteiger partial charge in [-0.2, -0.15) is 5.21 Å². The van der Waals surface area contributed by atoms with Gasteiger partial charge in [-0.1, -0.05) is 11.3 Å². The van der Waals surface area contributed by atoms with E-state index in [0.717, 1.165) is 11.3 Å². The maximum atomic E-state index is 12.7. The van der Waals surface area contributed by atoms with E-state index in [-0.39, 0.29) is 5.91 Å². The average molecular weight is 338 g/mol. The number of benzene rings is 1. The van der Waals surface area contributed by atoms with Crippen LogP contribution in [0.25, 0.3) is 0 Å². The number of anilines is 1. The number of ether oxygens (including phenoxy) is 1. The Morgan fingerprint density at radius 2 is 2.12 bits per heavy atom. The van der Waals surface area contributed by atoms with Gasteiger partial charge >= 0.3 is 0 Å². The summed E-state index contributed by atoms with van der Waals surface area (Å²) < 4.78 is 5.40. The maximum Gasteiger partial charge on any atom is 0.235 e. The molecule has 8 nitrogen and oxygen atoms in total. The fourth-order valence-corrected chi connectivity index (χ4v) is 2.40. The molecule has 0 radical (unpaired) electrons. The summed E-state index contributed by atoms with van der Waals surface area (Å²) in [6.07, 6.45) is 3.83. The summed E-state index contributed by atoms with van der Waals surface area (Å²) >= 11 is 0. The third-order valence-corrected chi connectivity index (χ3v) is 3.59. The molecule has 0 saturated carbocycles. The minimum absolute atomic E-state index is 0.214. The predicted molar refractivity (Wildman–Crippen MR) is 91.1 cm³/mol. The second-order valence-corrected chi connectivity index (χ2v) is 5.33. The van der Waals surface area contributed by atoms with E-state index in [9.17, 15) is 4.79 Å². The Morgan fingerprint density at radius 1 is 1.28 bits per heavy atom. The molecule has 2 heterocycles. The third-order valence-electron chi connectivity index (χ3n) is 3.59. The highest BCUT2D eigenvalue weighted by molar-refractivity contribution is 5.95. The number of amides is 1. The van der Waals surface area contributed by atoms with Crippen LogP contribution in [-0.2, 0) is 11.2 Å². The van der Waals surface area contributed by atoms with Gasteiger partial charge in [0.05, 0.1) is 6.61 Å². The predicted octanol–water partition coefficient (Wildman–Crippen LogP) is 1.96. The second-order valence-electron chi connectivity index (χ2n) is 5.33. The maximum absolute atomic E-state index is 12.7. The molecule has 0 aliphatic carbocycles. The molecule has 3 rings (SSSR count). The topological polar surface area (TPSA) is 106 Å². The number of nitrogens with zero attached hydrogens (tertiary/aromatic N) is 4. The molecule has 0 aliphatic heterocycles. The quantitative estimate of drug-likeness (QED) is 0.682. The number of pyridine rings is 1. The first-order valence-electron chi connectivity index (χ1n) is 7.92. The van der Waals surface area contributed by atoms with Crippen molar-refractivity contribution in [3.05, 3.63) is 60.2 Å². The van der Waals surface area contributed by atoms with Crippen LogP contribution in [0.5, 0.6) is 5.75 Å². The Kier molecular flexibility index (Phi) is 5.30. The van der Waals surface area contributed by atoms with E-state index < -0.39 is 5.92 Å². The average Bonchev–Trinajstić information content (AvgIpc) is 3.17. The summed E-state index contributed by atoms with van der Waals surface area (Å²) in [7, 11) is 0. The Hall–Kier alpha value is -3.29. The molecule has 25 heavy (non-hydrogen) atoms. The molecule has 0 aliphatic rings. The van der Waals surface area contributed by atoms with E-state index in [2.05, 4.69) is 30.9 Å². The lowest BCUT2D eigenvalue weighted by molar-refractivity contribution is -0.117. The van der Waals surface area contributed by atoms with Crippen LogP contribution in [0.4, 0.5) is 5.69 Å². The van der Waals surface area contributed by atoms with Gasteiger partial charge in [-0.3, -0.25) is 9.78 Å². The van der Waals surface area contributed by atoms with Gasteiger partial charge in [0.1, 0.15) is 11.7 Å². The van der Waals surface area contributed by atoms with Gasteiger partial charge in [0.25, 0.3) is 0 Å². The van der Waals surface area contributed by atoms with Crippen LogP contribution in [0.3, 0.4) is 0 Å². The SMILES string of the molecule is CCOc1ccc(NC(=O)[C@H](Cc2cccnc2)c2nn[nH]n2)cc1. The molecule has 2 N–H and O–H groups in total. The van der Waals surface area contributed by atoms with Crippen LogP contribution >= 0.6 is 0 Å². The summed E-state index contributed by atoms with van der Waals surface area (Å²) in [6, 6.07) is 10.9. The van der Waals surface area contributed by atoms with Crippen molar-refractivity contribution in [3.8, 4) is 5.75 Å². The molecular formula is C17H18N6O2. The summed E-state index contributed by atoms with van der Waals surface area (Å²) in [6.45, 7) is 2.51. The summed E-state index contributed by atoms with van der Waals surface area (Å²) in [5, 5.41) is 16.8. The smallest absolute Gasteiger partial charge is 0.235 e. The van der Waals surface area contributed by atoms with Crippen LogP contribution in [0, 0.1) is 0 Å². The molecule has 1 atom stereocenters. The zero-order chi connectivity index (χ0) is 17.5. The largest absolute Gasteiger partial charge is 0.494 e. The molecule has 128 valence electrons. The van der Waals surface area contributed by atoms with Gasteiger partial charge in [-0.05, 0) is 49.2 Å². The second kappa shape index (κ2) is 8.00. The van der Waals surface area contributed by atoms with Gasteiger partial charge in [0.15, 0.2) is 5.82 Å². The van der Waals surface area contributed by atoms with E-state index in [1.54, 1.807) is 24.5 Å². The number of carbonyl (C=O) groups excluding carboxylic acids is 1. The van der Waals surface area contributed by atoms with Gasteiger partial charge in [-0.15, -0.1) is 10.2 Å². The van der Waals surface area contributed by atoms with Crippen LogP contribution in [0.1, 0.15) is 24.2 Å². The van der Waals surface area contributed by atoms with Crippen LogP contribution in [0.15, 0.2) is 48.8 Å². The molecule has 0 saturated heterocycles. The normalized spacial score (nSPS) is 11.7. The monoisotopic (exact) mass is 338 g/mol. The number of hydrogen-bond donors (Lipinski definition) is 2. The van der Waals surface area contributed by atoms with Crippen molar-refractivity contribution in [1.29, 1.82) is 0 Å². The molecule has 0 unspecified atom stereocenters. The number of aromatic amines is 1. The molecule has 3 aromatic rings. The van der Waals surface area contributed by atoms with Crippen LogP contribution in [-0.4, -0.2) is 38.1 Å². The molecule has 2 aromatic heterocycles. The zero-order valence-electron chi connectivity index (χ0n) is 13.7. The summed E-state index contributed by atoms with van der Waals surface area (Å²) in [5.41, 5.74) is 1.59. The van der Waals surface area contributed by atoms with Crippen molar-refractivity contribution in [2.75, 3.05) is 11.9 Å². The van der Waals surface area contributed by atoms with Crippen molar-refractivity contribution >= 4 is 11.6 Å². The number of carbonyl (C=O) groups is 1. The number of hydrogen-bond acceptors (Lipinski definition) is 6. The lowest BCUT2D eigenvalue weighted by Crippen LogP contribution is -2.24. The number of H-pyrrole nitrogens is 1. The fraction of sp³-hybridized carbons (Fsp3) is 0.235. The Bertz CT molecular complexity index is 790. The van der Waals surface area contributed by atoms with E-state index >= 15 is 0 Å². The molecule has 0 bridgehead atoms. The number of rotatable bonds is 7. The molecule has 0 spiro atoms. The van der Waals surface area contributed by atoms with E-state index in [1.807, 2.05) is 31.2 Å². The first-order valence-corrected chi connectivity index (χ1v) is 7.92. The van der Waals surface area contributed by atoms with Gasteiger partial charge < -0.3 is 10.1 Å². The van der Waals surface area contributed by atoms with Crippen molar-refractivity contribution < 1.29 is 9.53 Å². The first kappa shape index (κ1) is 16.6. The van der Waals surface area contributed by atoms with Gasteiger partial charge in [0, 0.05) is 18.1 Å². The van der Waals surface area contributed by atoms with Crippen molar-refractivity contribution in [1.82, 2.24) is 25.6 Å². The van der Waals surface area contributed by atoms with Crippen molar-refractivity contribution in [3.63, 3.8) is 0 Å². The highest BCUT2D eigenvalue weighted by Gasteiger charge is 2.25. The highest BCUT2D eigenvalue weighted by atomic mass is 16.5. The van der Waals surface area contributed by atoms with E-state index in [0.29, 0.717) is 24.5 Å². The number of tetrazole rings is 1. The third kappa shape index (κ3) is 4.37. The summed E-state index contributed by atoms with van der Waals surface area (Å²) in [4.78, 5) is 16.8. The molecule has 1 amide bonds. The number of nitrogens with one attached hydrogen (secondary N) is 2. The fourth-order valence-electron chi connectivity index (χ4n) is 2.40. The van der Waals surface area contributed by atoms with Crippen LogP contribution in [0.2, 0.25) is 0 Å². The van der Waals surface area contributed by atoms with E-state index in [4.69, 9.17) is 4.74 Å². The standard InChI is InChI=1S/C17H18N6O2/c1-2-25-14-7-5-13(6-8-14)19-17(24)15(16-20-22-23-21-16)10-12-4-3-9-18-11-12/h3-9,11,15H,2,10H2,1H3,(H,19,24)(H,20,21,22,23)/t15-/m1/s1. The summed E-state index contributed by atoms with van der Waals surface area (Å²) in [5.74, 6) is 0.307. The minimum atomic E-state index is -0.575. The Labute approximate surface area is 144 Å². The minimum Gasteiger partial charge on any atom is -0.494 e. The molecule has 8 heteroatoms. The molecular weight excluding hydrogens is 320 g/mol. The molecule has 1 aromatic carbocycles. The Balaban J connectivity index is 1.75. The molecule has 0 fully saturated rings. The van der Waals surface area contributed by atoms with E-state index in [1.165, 1.54) is 0 Å². The first-order chi connectivity index (χ1) is 12.3. The van der Waals surface area contributed by atoms with Gasteiger partial charge in [0.2, 0.25) is 5.91 Å². The van der Waals surface area contributed by atoms with Crippen LogP contribution < -0.4 is 10.1 Å². The lowest BCUT2D eigenvalue weighted by Gasteiger charge is -2.14. The Morgan fingerprint density at radius 3 is 2.76 bits per heavy atom.